The molecule has 2 aliphatic heterocycles. The largest absolute Gasteiger partial charge is 0.403 e. The van der Waals surface area contributed by atoms with Gasteiger partial charge in [0.05, 0.1) is 12.0 Å². The van der Waals surface area contributed by atoms with Gasteiger partial charge in [0.15, 0.2) is 0 Å². The fraction of sp³-hybridized carbons (Fsp3) is 0.304. The Labute approximate surface area is 188 Å². The van der Waals surface area contributed by atoms with Crippen LogP contribution in [0.1, 0.15) is 29.9 Å². The average Bonchev–Trinajstić information content (AvgIpc) is 3.20. The molecule has 10 heteroatoms. The number of hydrogen-bond donors (Lipinski definition) is 2. The van der Waals surface area contributed by atoms with Crippen molar-refractivity contribution >= 4 is 23.5 Å². The van der Waals surface area contributed by atoms with Gasteiger partial charge < -0.3 is 14.6 Å². The summed E-state index contributed by atoms with van der Waals surface area (Å²) >= 11 is 0. The van der Waals surface area contributed by atoms with Crippen molar-refractivity contribution in [2.75, 3.05) is 23.3 Å². The summed E-state index contributed by atoms with van der Waals surface area (Å²) in [5.41, 5.74) is 1.96. The van der Waals surface area contributed by atoms with E-state index in [1.807, 2.05) is 31.2 Å². The van der Waals surface area contributed by atoms with Gasteiger partial charge in [-0.2, -0.15) is 0 Å². The summed E-state index contributed by atoms with van der Waals surface area (Å²) in [4.78, 5) is 25.1. The Kier molecular flexibility index (Phi) is 5.27. The van der Waals surface area contributed by atoms with E-state index < -0.39 is 29.4 Å². The zero-order valence-corrected chi connectivity index (χ0v) is 17.8. The first-order chi connectivity index (χ1) is 15.9. The first-order valence-electron chi connectivity index (χ1n) is 10.6. The van der Waals surface area contributed by atoms with Crippen LogP contribution >= 0.6 is 0 Å². The Morgan fingerprint density at radius 2 is 1.85 bits per heavy atom. The topological polar surface area (TPSA) is 100 Å². The summed E-state index contributed by atoms with van der Waals surface area (Å²) in [7, 11) is 0. The van der Waals surface area contributed by atoms with Gasteiger partial charge in [-0.25, -0.2) is 8.78 Å². The van der Waals surface area contributed by atoms with Gasteiger partial charge in [-0.15, -0.1) is 5.10 Å². The Morgan fingerprint density at radius 3 is 2.55 bits per heavy atom. The molecule has 5 rings (SSSR count). The molecule has 2 N–H and O–H groups in total. The molecule has 0 aliphatic carbocycles. The Balaban J connectivity index is 1.23. The maximum Gasteiger partial charge on any atom is 0.316 e. The van der Waals surface area contributed by atoms with Crippen molar-refractivity contribution in [3.63, 3.8) is 0 Å². The van der Waals surface area contributed by atoms with Crippen molar-refractivity contribution in [2.45, 2.75) is 31.7 Å². The fourth-order valence-corrected chi connectivity index (χ4v) is 4.21. The first-order valence-corrected chi connectivity index (χ1v) is 10.6. The highest BCUT2D eigenvalue weighted by Gasteiger charge is 2.34. The van der Waals surface area contributed by atoms with E-state index in [9.17, 15) is 18.4 Å². The van der Waals surface area contributed by atoms with E-state index in [0.29, 0.717) is 24.7 Å². The zero-order chi connectivity index (χ0) is 23.1. The van der Waals surface area contributed by atoms with Crippen molar-refractivity contribution in [3.05, 3.63) is 59.2 Å². The summed E-state index contributed by atoms with van der Waals surface area (Å²) in [5, 5.41) is 13.4. The van der Waals surface area contributed by atoms with E-state index in [2.05, 4.69) is 20.8 Å². The van der Waals surface area contributed by atoms with Crippen LogP contribution < -0.4 is 15.5 Å². The van der Waals surface area contributed by atoms with Crippen LogP contribution in [-0.2, 0) is 9.59 Å². The van der Waals surface area contributed by atoms with Crippen molar-refractivity contribution in [3.8, 4) is 11.5 Å². The molecule has 0 spiro atoms. The molecule has 3 heterocycles. The number of aryl methyl sites for hydroxylation is 1. The van der Waals surface area contributed by atoms with Gasteiger partial charge in [0.25, 0.3) is 0 Å². The normalized spacial score (nSPS) is 18.8. The molecule has 1 atom stereocenters. The second kappa shape index (κ2) is 8.27. The number of nitrogens with one attached hydrogen (secondary N) is 2. The van der Waals surface area contributed by atoms with Crippen molar-refractivity contribution in [2.24, 2.45) is 0 Å². The Hall–Kier alpha value is -3.82. The number of hydrogen-bond acceptors (Lipinski definition) is 7. The number of aromatic nitrogens is 2. The van der Waals surface area contributed by atoms with Crippen LogP contribution in [0.5, 0.6) is 0 Å². The lowest BCUT2D eigenvalue weighted by Gasteiger charge is -2.41. The van der Waals surface area contributed by atoms with Crippen molar-refractivity contribution < 1.29 is 22.8 Å². The second-order valence-electron chi connectivity index (χ2n) is 8.30. The molecule has 1 unspecified atom stereocenters. The minimum absolute atomic E-state index is 0.0314. The van der Waals surface area contributed by atoms with E-state index in [4.69, 9.17) is 4.42 Å². The first kappa shape index (κ1) is 21.0. The number of benzene rings is 2. The number of nitrogens with zero attached hydrogens (tertiary/aromatic N) is 3. The number of rotatable bonds is 5. The van der Waals surface area contributed by atoms with Crippen LogP contribution in [0.4, 0.5) is 20.5 Å². The molecule has 0 radical (unpaired) electrons. The number of carbonyl (C=O) groups is 2. The molecule has 2 fully saturated rings. The van der Waals surface area contributed by atoms with E-state index >= 15 is 0 Å². The lowest BCUT2D eigenvalue weighted by Crippen LogP contribution is -2.55. The molecular weight excluding hydrogens is 432 g/mol. The maximum atomic E-state index is 14.7. The van der Waals surface area contributed by atoms with Crippen molar-refractivity contribution in [1.29, 1.82) is 0 Å². The van der Waals surface area contributed by atoms with E-state index in [1.165, 1.54) is 12.1 Å². The third kappa shape index (κ3) is 4.04. The Morgan fingerprint density at radius 1 is 1.12 bits per heavy atom. The molecule has 0 saturated carbocycles. The standard InChI is InChI=1S/C23H21F2N5O3/c1-12-4-2-3-5-15(12)22-28-29-23(33-22)26-13-10-30(11-13)14-8-17(24)20(18(25)9-14)16-6-7-19(31)27-21(16)32/h2-5,8-9,13,16H,6-7,10-11H2,1H3,(H,26,29)(H,27,31,32). The van der Waals surface area contributed by atoms with Gasteiger partial charge in [-0.3, -0.25) is 14.9 Å². The minimum Gasteiger partial charge on any atom is -0.403 e. The van der Waals surface area contributed by atoms with Crippen LogP contribution in [0.3, 0.4) is 0 Å². The van der Waals surface area contributed by atoms with Crippen LogP contribution in [0.25, 0.3) is 11.5 Å². The number of imide groups is 1. The zero-order valence-electron chi connectivity index (χ0n) is 17.8. The van der Waals surface area contributed by atoms with Crippen LogP contribution in [0.15, 0.2) is 40.8 Å². The lowest BCUT2D eigenvalue weighted by atomic mass is 9.89. The lowest BCUT2D eigenvalue weighted by molar-refractivity contribution is -0.134. The summed E-state index contributed by atoms with van der Waals surface area (Å²) in [6.45, 7) is 2.93. The maximum absolute atomic E-state index is 14.7. The van der Waals surface area contributed by atoms with Crippen molar-refractivity contribution in [1.82, 2.24) is 15.5 Å². The highest BCUT2D eigenvalue weighted by atomic mass is 19.1. The molecule has 170 valence electrons. The molecule has 2 saturated heterocycles. The minimum atomic E-state index is -1.01. The van der Waals surface area contributed by atoms with Gasteiger partial charge in [0, 0.05) is 36.3 Å². The SMILES string of the molecule is Cc1ccccc1-c1nnc(NC2CN(c3cc(F)c(C4CCC(=O)NC4=O)c(F)c3)C2)o1. The van der Waals surface area contributed by atoms with E-state index in [-0.39, 0.29) is 30.5 Å². The van der Waals surface area contributed by atoms with Gasteiger partial charge in [0.1, 0.15) is 11.6 Å². The smallest absolute Gasteiger partial charge is 0.316 e. The third-order valence-electron chi connectivity index (χ3n) is 6.03. The average molecular weight is 453 g/mol. The summed E-state index contributed by atoms with van der Waals surface area (Å²) in [5.74, 6) is -3.29. The molecule has 2 aliphatic rings. The predicted octanol–water partition coefficient (Wildman–Crippen LogP) is 3.14. The second-order valence-corrected chi connectivity index (χ2v) is 8.30. The summed E-state index contributed by atoms with van der Waals surface area (Å²) < 4.78 is 35.2. The van der Waals surface area contributed by atoms with Gasteiger partial charge in [-0.1, -0.05) is 23.3 Å². The van der Waals surface area contributed by atoms with Gasteiger partial charge >= 0.3 is 6.01 Å². The quantitative estimate of drug-likeness (QED) is 0.573. The van der Waals surface area contributed by atoms with Crippen LogP contribution in [0.2, 0.25) is 0 Å². The molecule has 3 aromatic rings. The molecule has 8 nitrogen and oxygen atoms in total. The Bertz CT molecular complexity index is 1220. The number of anilines is 2. The molecule has 33 heavy (non-hydrogen) atoms. The van der Waals surface area contributed by atoms with Gasteiger partial charge in [-0.05, 0) is 37.1 Å². The number of carbonyl (C=O) groups excluding carboxylic acids is 2. The highest BCUT2D eigenvalue weighted by Crippen LogP contribution is 2.34. The molecule has 0 bridgehead atoms. The predicted molar refractivity (Wildman–Crippen MR) is 116 cm³/mol. The molecule has 2 aromatic carbocycles. The van der Waals surface area contributed by atoms with Crippen LogP contribution in [-0.4, -0.2) is 41.1 Å². The number of amides is 2. The third-order valence-corrected chi connectivity index (χ3v) is 6.03. The van der Waals surface area contributed by atoms with E-state index in [1.54, 1.807) is 4.90 Å². The molecule has 1 aromatic heterocycles. The molecule has 2 amide bonds. The highest BCUT2D eigenvalue weighted by molar-refractivity contribution is 6.01. The number of piperidine rings is 1. The van der Waals surface area contributed by atoms with Gasteiger partial charge in [0.2, 0.25) is 17.7 Å². The fourth-order valence-electron chi connectivity index (χ4n) is 4.21. The monoisotopic (exact) mass is 453 g/mol. The number of halogens is 2. The summed E-state index contributed by atoms with van der Waals surface area (Å²) in [6, 6.07) is 10.4. The van der Waals surface area contributed by atoms with E-state index in [0.717, 1.165) is 11.1 Å². The molecular formula is C23H21F2N5O3. The van der Waals surface area contributed by atoms with Crippen LogP contribution in [0, 0.1) is 18.6 Å². The summed E-state index contributed by atoms with van der Waals surface area (Å²) in [6.07, 6.45) is 0.139.